The number of H-pyrrole nitrogens is 1. The standard InChI is InChI=1S/C16H15Cl2N5O3/c1-8-10(6-12(24)26-2)14(25)23-16(20-8)21-15(22-23)19-7-9-4-3-5-11(17)13(9)18/h3-5H,6-7H2,1-2H3,(H2,19,20,21,22). The first-order valence-electron chi connectivity index (χ1n) is 7.62. The van der Waals surface area contributed by atoms with Crippen LogP contribution in [0.2, 0.25) is 10.0 Å². The molecular weight excluding hydrogens is 381 g/mol. The fourth-order valence-electron chi connectivity index (χ4n) is 2.42. The molecule has 8 nitrogen and oxygen atoms in total. The maximum absolute atomic E-state index is 12.6. The predicted octanol–water partition coefficient (Wildman–Crippen LogP) is 2.36. The Kier molecular flexibility index (Phi) is 5.15. The van der Waals surface area contributed by atoms with Crippen LogP contribution in [0.5, 0.6) is 0 Å². The van der Waals surface area contributed by atoms with E-state index >= 15 is 0 Å². The smallest absolute Gasteiger partial charge is 0.310 e. The van der Waals surface area contributed by atoms with Crippen molar-refractivity contribution < 1.29 is 9.53 Å². The maximum Gasteiger partial charge on any atom is 0.310 e. The van der Waals surface area contributed by atoms with Crippen LogP contribution >= 0.6 is 23.2 Å². The lowest BCUT2D eigenvalue weighted by atomic mass is 10.2. The quantitative estimate of drug-likeness (QED) is 0.642. The summed E-state index contributed by atoms with van der Waals surface area (Å²) in [6, 6.07) is 5.31. The van der Waals surface area contributed by atoms with Crippen molar-refractivity contribution >= 4 is 40.9 Å². The van der Waals surface area contributed by atoms with Crippen molar-refractivity contribution in [1.82, 2.24) is 19.6 Å². The molecule has 0 spiro atoms. The van der Waals surface area contributed by atoms with Gasteiger partial charge in [-0.15, -0.1) is 0 Å². The number of nitrogens with one attached hydrogen (secondary N) is 2. The zero-order valence-corrected chi connectivity index (χ0v) is 15.5. The fourth-order valence-corrected chi connectivity index (χ4v) is 2.80. The van der Waals surface area contributed by atoms with Crippen LogP contribution < -0.4 is 10.9 Å². The molecule has 10 heteroatoms. The molecule has 26 heavy (non-hydrogen) atoms. The molecule has 1 aromatic carbocycles. The molecule has 136 valence electrons. The van der Waals surface area contributed by atoms with Crippen molar-refractivity contribution in [3.8, 4) is 0 Å². The molecule has 3 rings (SSSR count). The van der Waals surface area contributed by atoms with Gasteiger partial charge in [0, 0.05) is 6.54 Å². The molecular formula is C16H15Cl2N5O3. The summed E-state index contributed by atoms with van der Waals surface area (Å²) < 4.78 is 5.79. The summed E-state index contributed by atoms with van der Waals surface area (Å²) in [7, 11) is 1.26. The SMILES string of the molecule is COC(=O)Cc1c(C)nc2nc(NCc3cccc(Cl)c3Cl)[nH]n2c1=O. The highest BCUT2D eigenvalue weighted by Crippen LogP contribution is 2.25. The van der Waals surface area contributed by atoms with E-state index in [1.807, 2.05) is 6.07 Å². The summed E-state index contributed by atoms with van der Waals surface area (Å²) in [5.74, 6) is 0.0153. The third-order valence-corrected chi connectivity index (χ3v) is 4.68. The third kappa shape index (κ3) is 3.51. The molecule has 0 unspecified atom stereocenters. The lowest BCUT2D eigenvalue weighted by Gasteiger charge is -2.06. The molecule has 0 radical (unpaired) electrons. The molecule has 2 N–H and O–H groups in total. The Labute approximate surface area is 158 Å². The third-order valence-electron chi connectivity index (χ3n) is 3.82. The molecule has 0 amide bonds. The minimum atomic E-state index is -0.514. The van der Waals surface area contributed by atoms with Gasteiger partial charge >= 0.3 is 5.97 Å². The van der Waals surface area contributed by atoms with Crippen molar-refractivity contribution in [2.45, 2.75) is 19.9 Å². The maximum atomic E-state index is 12.6. The molecule has 0 fully saturated rings. The number of carbonyl (C=O) groups is 1. The van der Waals surface area contributed by atoms with E-state index in [2.05, 4.69) is 25.1 Å². The van der Waals surface area contributed by atoms with Gasteiger partial charge in [-0.1, -0.05) is 35.3 Å². The van der Waals surface area contributed by atoms with E-state index in [0.717, 1.165) is 5.56 Å². The first kappa shape index (κ1) is 18.2. The largest absolute Gasteiger partial charge is 0.469 e. The van der Waals surface area contributed by atoms with E-state index in [-0.39, 0.29) is 17.8 Å². The summed E-state index contributed by atoms with van der Waals surface area (Å²) in [5.41, 5.74) is 1.06. The Morgan fingerprint density at radius 1 is 1.35 bits per heavy atom. The van der Waals surface area contributed by atoms with Gasteiger partial charge in [0.15, 0.2) is 0 Å². The molecule has 0 aliphatic carbocycles. The number of fused-ring (bicyclic) bond motifs is 1. The lowest BCUT2D eigenvalue weighted by Crippen LogP contribution is -2.24. The second kappa shape index (κ2) is 7.35. The Morgan fingerprint density at radius 3 is 2.85 bits per heavy atom. The van der Waals surface area contributed by atoms with E-state index in [1.165, 1.54) is 11.6 Å². The van der Waals surface area contributed by atoms with Gasteiger partial charge in [0.05, 0.1) is 34.8 Å². The van der Waals surface area contributed by atoms with Gasteiger partial charge in [0.1, 0.15) is 0 Å². The lowest BCUT2D eigenvalue weighted by molar-refractivity contribution is -0.139. The summed E-state index contributed by atoms with van der Waals surface area (Å²) in [6.07, 6.45) is -0.156. The number of hydrogen-bond acceptors (Lipinski definition) is 6. The minimum absolute atomic E-state index is 0.156. The second-order valence-electron chi connectivity index (χ2n) is 5.51. The highest BCUT2D eigenvalue weighted by molar-refractivity contribution is 6.42. The Hall–Kier alpha value is -2.58. The number of methoxy groups -OCH3 is 1. The summed E-state index contributed by atoms with van der Waals surface area (Å²) in [6.45, 7) is 2.00. The van der Waals surface area contributed by atoms with Gasteiger partial charge in [0.2, 0.25) is 5.95 Å². The number of halogens is 2. The van der Waals surface area contributed by atoms with Crippen molar-refractivity contribution in [3.05, 3.63) is 55.4 Å². The summed E-state index contributed by atoms with van der Waals surface area (Å²) in [5, 5.41) is 6.76. The fraction of sp³-hybridized carbons (Fsp3) is 0.250. The molecule has 3 aromatic rings. The highest BCUT2D eigenvalue weighted by Gasteiger charge is 2.16. The number of benzene rings is 1. The number of ether oxygens (including phenoxy) is 1. The minimum Gasteiger partial charge on any atom is -0.469 e. The van der Waals surface area contributed by atoms with Gasteiger partial charge in [-0.3, -0.25) is 14.7 Å². The molecule has 0 aliphatic heterocycles. The zero-order chi connectivity index (χ0) is 18.8. The molecule has 2 heterocycles. The van der Waals surface area contributed by atoms with Crippen LogP contribution in [0.25, 0.3) is 5.78 Å². The van der Waals surface area contributed by atoms with Crippen LogP contribution in [0.15, 0.2) is 23.0 Å². The average molecular weight is 396 g/mol. The highest BCUT2D eigenvalue weighted by atomic mass is 35.5. The molecule has 0 atom stereocenters. The molecule has 0 saturated carbocycles. The number of aromatic nitrogens is 4. The number of aromatic amines is 1. The van der Waals surface area contributed by atoms with Gasteiger partial charge in [0.25, 0.3) is 11.3 Å². The second-order valence-corrected chi connectivity index (χ2v) is 6.29. The van der Waals surface area contributed by atoms with Gasteiger partial charge in [-0.2, -0.15) is 9.50 Å². The number of aryl methyl sites for hydroxylation is 1. The van der Waals surface area contributed by atoms with Crippen LogP contribution in [0.1, 0.15) is 16.8 Å². The van der Waals surface area contributed by atoms with Crippen molar-refractivity contribution in [1.29, 1.82) is 0 Å². The molecule has 0 aliphatic rings. The van der Waals surface area contributed by atoms with Crippen molar-refractivity contribution in [3.63, 3.8) is 0 Å². The normalized spacial score (nSPS) is 10.9. The summed E-state index contributed by atoms with van der Waals surface area (Å²) in [4.78, 5) is 32.5. The number of anilines is 1. The van der Waals surface area contributed by atoms with Gasteiger partial charge in [-0.05, 0) is 18.6 Å². The van der Waals surface area contributed by atoms with E-state index in [1.54, 1.807) is 19.1 Å². The van der Waals surface area contributed by atoms with E-state index in [0.29, 0.717) is 28.2 Å². The topological polar surface area (TPSA) is 101 Å². The number of carbonyl (C=O) groups excluding carboxylic acids is 1. The van der Waals surface area contributed by atoms with Crippen molar-refractivity contribution in [2.24, 2.45) is 0 Å². The van der Waals surface area contributed by atoms with Crippen LogP contribution in [0.4, 0.5) is 5.95 Å². The monoisotopic (exact) mass is 395 g/mol. The molecule has 0 bridgehead atoms. The number of rotatable bonds is 5. The molecule has 0 saturated heterocycles. The first-order valence-corrected chi connectivity index (χ1v) is 8.38. The van der Waals surface area contributed by atoms with E-state index in [9.17, 15) is 9.59 Å². The van der Waals surface area contributed by atoms with Crippen LogP contribution in [0, 0.1) is 6.92 Å². The van der Waals surface area contributed by atoms with Crippen molar-refractivity contribution in [2.75, 3.05) is 12.4 Å². The number of hydrogen-bond donors (Lipinski definition) is 2. The van der Waals surface area contributed by atoms with E-state index < -0.39 is 11.5 Å². The number of esters is 1. The number of nitrogens with zero attached hydrogens (tertiary/aromatic N) is 3. The van der Waals surface area contributed by atoms with Crippen LogP contribution in [-0.4, -0.2) is 32.7 Å². The molecule has 2 aromatic heterocycles. The Balaban J connectivity index is 1.89. The zero-order valence-electron chi connectivity index (χ0n) is 14.0. The van der Waals surface area contributed by atoms with E-state index in [4.69, 9.17) is 23.2 Å². The van der Waals surface area contributed by atoms with Crippen LogP contribution in [-0.2, 0) is 22.5 Å². The Morgan fingerprint density at radius 2 is 2.12 bits per heavy atom. The average Bonchev–Trinajstić information content (AvgIpc) is 3.02. The Bertz CT molecular complexity index is 1040. The first-order chi connectivity index (χ1) is 12.4. The van der Waals surface area contributed by atoms with Gasteiger partial charge in [-0.25, -0.2) is 4.98 Å². The van der Waals surface area contributed by atoms with Gasteiger partial charge < -0.3 is 10.1 Å². The summed E-state index contributed by atoms with van der Waals surface area (Å²) >= 11 is 12.1. The van der Waals surface area contributed by atoms with Crippen LogP contribution in [0.3, 0.4) is 0 Å². The predicted molar refractivity (Wildman–Crippen MR) is 97.9 cm³/mol.